The summed E-state index contributed by atoms with van der Waals surface area (Å²) in [5.41, 5.74) is 0.993. The van der Waals surface area contributed by atoms with Crippen LogP contribution in [0.1, 0.15) is 5.56 Å². The van der Waals surface area contributed by atoms with Crippen LogP contribution in [0.5, 0.6) is 5.75 Å². The first kappa shape index (κ1) is 11.8. The minimum atomic E-state index is -4.10. The second-order valence-electron chi connectivity index (χ2n) is 2.74. The van der Waals surface area contributed by atoms with Gasteiger partial charge in [-0.2, -0.15) is 8.42 Å². The van der Waals surface area contributed by atoms with Crippen LogP contribution < -0.4 is 9.46 Å². The molecule has 82 valence electrons. The average molecular weight is 250 g/mol. The van der Waals surface area contributed by atoms with E-state index in [-0.39, 0.29) is 5.75 Å². The molecular weight excluding hydrogens is 242 g/mol. The molecule has 0 aromatic heterocycles. The molecule has 15 heavy (non-hydrogen) atoms. The third-order valence-electron chi connectivity index (χ3n) is 1.44. The van der Waals surface area contributed by atoms with Crippen LogP contribution >= 0.6 is 10.7 Å². The molecule has 0 aliphatic rings. The maximum Gasteiger partial charge on any atom is 0.427 e. The minimum absolute atomic E-state index is 0.235. The summed E-state index contributed by atoms with van der Waals surface area (Å²) in [5, 5.41) is 0. The SMILES string of the molecule is Cc1ccc(OC(=O)NS(=O)(=O)Cl)cc1. The fourth-order valence-corrected chi connectivity index (χ4v) is 1.26. The molecule has 0 unspecified atom stereocenters. The Morgan fingerprint density at radius 1 is 1.33 bits per heavy atom. The summed E-state index contributed by atoms with van der Waals surface area (Å²) in [6.07, 6.45) is -1.14. The van der Waals surface area contributed by atoms with E-state index in [0.29, 0.717) is 0 Å². The number of hydrogen-bond donors (Lipinski definition) is 1. The van der Waals surface area contributed by atoms with E-state index >= 15 is 0 Å². The molecule has 5 nitrogen and oxygen atoms in total. The van der Waals surface area contributed by atoms with E-state index in [4.69, 9.17) is 10.7 Å². The molecule has 0 fully saturated rings. The topological polar surface area (TPSA) is 72.5 Å². The zero-order valence-corrected chi connectivity index (χ0v) is 9.30. The van der Waals surface area contributed by atoms with Crippen molar-refractivity contribution in [1.82, 2.24) is 4.72 Å². The fourth-order valence-electron chi connectivity index (χ4n) is 0.834. The number of rotatable bonds is 2. The molecule has 0 aliphatic heterocycles. The third kappa shape index (κ3) is 4.66. The summed E-state index contributed by atoms with van der Waals surface area (Å²) in [5.74, 6) is 0.235. The standard InChI is InChI=1S/C8H8ClNO4S/c1-6-2-4-7(5-3-6)14-8(11)10-15(9,12)13/h2-5H,1H3,(H,10,11). The highest BCUT2D eigenvalue weighted by atomic mass is 35.7. The van der Waals surface area contributed by atoms with Gasteiger partial charge in [-0.05, 0) is 19.1 Å². The number of nitrogens with one attached hydrogen (secondary N) is 1. The van der Waals surface area contributed by atoms with Gasteiger partial charge in [0.15, 0.2) is 0 Å². The summed E-state index contributed by atoms with van der Waals surface area (Å²) in [6, 6.07) is 6.52. The molecular formula is C8H8ClNO4S. The molecule has 0 saturated heterocycles. The van der Waals surface area contributed by atoms with Gasteiger partial charge in [0, 0.05) is 10.7 Å². The van der Waals surface area contributed by atoms with Crippen LogP contribution in [-0.4, -0.2) is 14.5 Å². The highest BCUT2D eigenvalue weighted by molar-refractivity contribution is 8.12. The molecule has 0 radical (unpaired) electrons. The van der Waals surface area contributed by atoms with E-state index in [9.17, 15) is 13.2 Å². The van der Waals surface area contributed by atoms with Gasteiger partial charge in [0.05, 0.1) is 0 Å². The van der Waals surface area contributed by atoms with Crippen LogP contribution in [0.15, 0.2) is 24.3 Å². The summed E-state index contributed by atoms with van der Waals surface area (Å²) in [6.45, 7) is 1.87. The predicted octanol–water partition coefficient (Wildman–Crippen LogP) is 1.57. The summed E-state index contributed by atoms with van der Waals surface area (Å²) >= 11 is 0. The van der Waals surface area contributed by atoms with Crippen molar-refractivity contribution in [2.24, 2.45) is 0 Å². The highest BCUT2D eigenvalue weighted by Crippen LogP contribution is 2.11. The van der Waals surface area contributed by atoms with Crippen LogP contribution in [0.3, 0.4) is 0 Å². The van der Waals surface area contributed by atoms with Gasteiger partial charge in [0.2, 0.25) is 0 Å². The first-order valence-corrected chi connectivity index (χ1v) is 6.18. The largest absolute Gasteiger partial charge is 0.427 e. The van der Waals surface area contributed by atoms with E-state index in [1.807, 2.05) is 6.92 Å². The number of carbonyl (C=O) groups is 1. The van der Waals surface area contributed by atoms with Crippen LogP contribution in [0, 0.1) is 6.92 Å². The van der Waals surface area contributed by atoms with Gasteiger partial charge >= 0.3 is 15.3 Å². The van der Waals surface area contributed by atoms with Gasteiger partial charge in [-0.1, -0.05) is 17.7 Å². The zero-order valence-electron chi connectivity index (χ0n) is 7.73. The van der Waals surface area contributed by atoms with Crippen molar-refractivity contribution in [2.45, 2.75) is 6.92 Å². The predicted molar refractivity (Wildman–Crippen MR) is 55.1 cm³/mol. The number of benzene rings is 1. The molecule has 0 aliphatic carbocycles. The van der Waals surface area contributed by atoms with Gasteiger partial charge in [0.25, 0.3) is 0 Å². The van der Waals surface area contributed by atoms with E-state index < -0.39 is 15.3 Å². The summed E-state index contributed by atoms with van der Waals surface area (Å²) < 4.78 is 27.0. The van der Waals surface area contributed by atoms with E-state index in [1.54, 1.807) is 12.1 Å². The number of carbonyl (C=O) groups excluding carboxylic acids is 1. The quantitative estimate of drug-likeness (QED) is 0.808. The third-order valence-corrected chi connectivity index (χ3v) is 2.08. The lowest BCUT2D eigenvalue weighted by Gasteiger charge is -2.03. The normalized spacial score (nSPS) is 10.8. The second kappa shape index (κ2) is 4.50. The second-order valence-corrected chi connectivity index (χ2v) is 5.04. The van der Waals surface area contributed by atoms with Crippen LogP contribution in [-0.2, 0) is 9.24 Å². The van der Waals surface area contributed by atoms with Crippen LogP contribution in [0.25, 0.3) is 0 Å². The Hall–Kier alpha value is -1.27. The highest BCUT2D eigenvalue weighted by Gasteiger charge is 2.12. The van der Waals surface area contributed by atoms with Crippen molar-refractivity contribution >= 4 is 26.0 Å². The lowest BCUT2D eigenvalue weighted by atomic mass is 10.2. The van der Waals surface area contributed by atoms with Crippen molar-refractivity contribution < 1.29 is 17.9 Å². The molecule has 1 aromatic carbocycles. The Kier molecular flexibility index (Phi) is 3.54. The molecule has 7 heteroatoms. The number of ether oxygens (including phenoxy) is 1. The van der Waals surface area contributed by atoms with Gasteiger partial charge in [-0.25, -0.2) is 9.52 Å². The fraction of sp³-hybridized carbons (Fsp3) is 0.125. The lowest BCUT2D eigenvalue weighted by molar-refractivity contribution is 0.207. The smallest absolute Gasteiger partial charge is 0.410 e. The Labute approximate surface area is 91.6 Å². The summed E-state index contributed by atoms with van der Waals surface area (Å²) in [7, 11) is 0.676. The molecule has 1 rings (SSSR count). The van der Waals surface area contributed by atoms with Gasteiger partial charge in [-0.3, -0.25) is 0 Å². The van der Waals surface area contributed by atoms with Crippen molar-refractivity contribution in [3.63, 3.8) is 0 Å². The van der Waals surface area contributed by atoms with Crippen LogP contribution in [0.4, 0.5) is 4.79 Å². The lowest BCUT2D eigenvalue weighted by Crippen LogP contribution is -2.29. The van der Waals surface area contributed by atoms with Crippen molar-refractivity contribution in [3.8, 4) is 5.75 Å². The van der Waals surface area contributed by atoms with Gasteiger partial charge < -0.3 is 4.74 Å². The molecule has 0 atom stereocenters. The first-order chi connectivity index (χ1) is 6.87. The Bertz CT molecular complexity index is 454. The van der Waals surface area contributed by atoms with Gasteiger partial charge in [0.1, 0.15) is 5.75 Å². The Balaban J connectivity index is 2.63. The molecule has 0 bridgehead atoms. The molecule has 0 heterocycles. The van der Waals surface area contributed by atoms with Crippen molar-refractivity contribution in [3.05, 3.63) is 29.8 Å². The molecule has 1 amide bonds. The average Bonchev–Trinajstić information content (AvgIpc) is 2.05. The van der Waals surface area contributed by atoms with E-state index in [2.05, 4.69) is 4.74 Å². The number of amides is 1. The summed E-state index contributed by atoms with van der Waals surface area (Å²) in [4.78, 5) is 10.9. The van der Waals surface area contributed by atoms with Crippen molar-refractivity contribution in [1.29, 1.82) is 0 Å². The number of hydrogen-bond acceptors (Lipinski definition) is 4. The van der Waals surface area contributed by atoms with Crippen molar-refractivity contribution in [2.75, 3.05) is 0 Å². The van der Waals surface area contributed by atoms with E-state index in [1.165, 1.54) is 16.9 Å². The van der Waals surface area contributed by atoms with Gasteiger partial charge in [-0.15, -0.1) is 0 Å². The number of halogens is 1. The van der Waals surface area contributed by atoms with Crippen LogP contribution in [0.2, 0.25) is 0 Å². The molecule has 0 saturated carbocycles. The Morgan fingerprint density at radius 3 is 2.33 bits per heavy atom. The first-order valence-electron chi connectivity index (χ1n) is 3.88. The maximum absolute atomic E-state index is 10.9. The minimum Gasteiger partial charge on any atom is -0.410 e. The molecule has 0 spiro atoms. The molecule has 1 N–H and O–H groups in total. The monoisotopic (exact) mass is 249 g/mol. The number of aryl methyl sites for hydroxylation is 1. The molecule has 1 aromatic rings. The Morgan fingerprint density at radius 2 is 1.87 bits per heavy atom. The van der Waals surface area contributed by atoms with E-state index in [0.717, 1.165) is 5.56 Å². The zero-order chi connectivity index (χ0) is 11.5. The maximum atomic E-state index is 10.9.